The maximum absolute atomic E-state index is 12.8. The topological polar surface area (TPSA) is 55.9 Å². The third-order valence-corrected chi connectivity index (χ3v) is 5.43. The molecule has 1 fully saturated rings. The second kappa shape index (κ2) is 9.56. The molecule has 1 aliphatic heterocycles. The predicted molar refractivity (Wildman–Crippen MR) is 117 cm³/mol. The molecule has 1 aliphatic rings. The number of aryl methyl sites for hydroxylation is 1. The number of likely N-dealkylation sites (N-methyl/N-ethyl adjacent to an activating group) is 1. The smallest absolute Gasteiger partial charge is 0.243 e. The highest BCUT2D eigenvalue weighted by Gasteiger charge is 2.28. The zero-order valence-corrected chi connectivity index (χ0v) is 17.5. The van der Waals surface area contributed by atoms with Gasteiger partial charge in [-0.05, 0) is 38.1 Å². The summed E-state index contributed by atoms with van der Waals surface area (Å²) in [5, 5.41) is 2.84. The lowest BCUT2D eigenvalue weighted by atomic mass is 10.2. The molecular weight excluding hydrogens is 364 g/mol. The Balaban J connectivity index is 1.48. The molecule has 0 aliphatic carbocycles. The Morgan fingerprint density at radius 1 is 1.00 bits per heavy atom. The van der Waals surface area contributed by atoms with Gasteiger partial charge in [0, 0.05) is 44.6 Å². The van der Waals surface area contributed by atoms with Crippen LogP contribution < -0.4 is 10.2 Å². The van der Waals surface area contributed by atoms with Crippen molar-refractivity contribution in [2.24, 2.45) is 0 Å². The van der Waals surface area contributed by atoms with Crippen LogP contribution >= 0.6 is 0 Å². The minimum atomic E-state index is -0.245. The molecule has 2 aromatic carbocycles. The van der Waals surface area contributed by atoms with Crippen LogP contribution in [0.2, 0.25) is 0 Å². The summed E-state index contributed by atoms with van der Waals surface area (Å²) >= 11 is 0. The van der Waals surface area contributed by atoms with Gasteiger partial charge < -0.3 is 15.1 Å². The lowest BCUT2D eigenvalue weighted by Crippen LogP contribution is -2.54. The van der Waals surface area contributed by atoms with Gasteiger partial charge in [0.2, 0.25) is 11.8 Å². The fourth-order valence-corrected chi connectivity index (χ4v) is 3.61. The molecule has 6 heteroatoms. The zero-order chi connectivity index (χ0) is 20.8. The van der Waals surface area contributed by atoms with Gasteiger partial charge in [0.05, 0.1) is 12.6 Å². The van der Waals surface area contributed by atoms with Crippen LogP contribution in [0.5, 0.6) is 0 Å². The molecule has 29 heavy (non-hydrogen) atoms. The molecule has 0 saturated carbocycles. The number of para-hydroxylation sites is 1. The molecule has 0 aromatic heterocycles. The van der Waals surface area contributed by atoms with E-state index in [1.54, 1.807) is 7.05 Å². The van der Waals surface area contributed by atoms with Crippen molar-refractivity contribution >= 4 is 23.2 Å². The summed E-state index contributed by atoms with van der Waals surface area (Å²) in [6.07, 6.45) is 0. The molecular formula is C23H30N4O2. The molecule has 1 saturated heterocycles. The first-order valence-electron chi connectivity index (χ1n) is 10.1. The Bertz CT molecular complexity index is 815. The van der Waals surface area contributed by atoms with Crippen molar-refractivity contribution in [3.8, 4) is 0 Å². The Kier molecular flexibility index (Phi) is 6.88. The summed E-state index contributed by atoms with van der Waals surface area (Å²) in [6.45, 7) is 7.39. The summed E-state index contributed by atoms with van der Waals surface area (Å²) in [5.74, 6) is -0.219. The SMILES string of the molecule is Cc1ccc(NC(=O)CN(C)C(=O)C(C)N2CCN(c3ccccc3)CC2)cc1. The maximum Gasteiger partial charge on any atom is 0.243 e. The van der Waals surface area contributed by atoms with Crippen LogP contribution in [0.25, 0.3) is 0 Å². The fraction of sp³-hybridized carbons (Fsp3) is 0.391. The van der Waals surface area contributed by atoms with Gasteiger partial charge >= 0.3 is 0 Å². The Morgan fingerprint density at radius 2 is 1.62 bits per heavy atom. The normalized spacial score (nSPS) is 15.6. The predicted octanol–water partition coefficient (Wildman–Crippen LogP) is 2.60. The largest absolute Gasteiger partial charge is 0.369 e. The Hall–Kier alpha value is -2.86. The average Bonchev–Trinajstić information content (AvgIpc) is 2.75. The summed E-state index contributed by atoms with van der Waals surface area (Å²) in [6, 6.07) is 17.7. The summed E-state index contributed by atoms with van der Waals surface area (Å²) < 4.78 is 0. The highest BCUT2D eigenvalue weighted by molar-refractivity contribution is 5.95. The van der Waals surface area contributed by atoms with Gasteiger partial charge in [-0.3, -0.25) is 14.5 Å². The monoisotopic (exact) mass is 394 g/mol. The number of carbonyl (C=O) groups excluding carboxylic acids is 2. The molecule has 1 unspecified atom stereocenters. The molecule has 1 heterocycles. The quantitative estimate of drug-likeness (QED) is 0.818. The van der Waals surface area contributed by atoms with Crippen LogP contribution in [0.1, 0.15) is 12.5 Å². The van der Waals surface area contributed by atoms with Crippen molar-refractivity contribution in [3.63, 3.8) is 0 Å². The number of benzene rings is 2. The lowest BCUT2D eigenvalue weighted by Gasteiger charge is -2.39. The molecule has 2 aromatic rings. The van der Waals surface area contributed by atoms with Gasteiger partial charge in [0.1, 0.15) is 0 Å². The van der Waals surface area contributed by atoms with E-state index in [-0.39, 0.29) is 24.4 Å². The Labute approximate surface area is 173 Å². The van der Waals surface area contributed by atoms with Gasteiger partial charge in [-0.25, -0.2) is 0 Å². The number of carbonyl (C=O) groups is 2. The third kappa shape index (κ3) is 5.57. The van der Waals surface area contributed by atoms with Crippen molar-refractivity contribution in [1.82, 2.24) is 9.80 Å². The molecule has 1 N–H and O–H groups in total. The van der Waals surface area contributed by atoms with Gasteiger partial charge in [0.25, 0.3) is 0 Å². The van der Waals surface area contributed by atoms with Crippen LogP contribution in [0.3, 0.4) is 0 Å². The van der Waals surface area contributed by atoms with Gasteiger partial charge in [-0.2, -0.15) is 0 Å². The first-order valence-corrected chi connectivity index (χ1v) is 10.1. The Morgan fingerprint density at radius 3 is 2.24 bits per heavy atom. The van der Waals surface area contributed by atoms with Crippen LogP contribution in [0, 0.1) is 6.92 Å². The molecule has 2 amide bonds. The van der Waals surface area contributed by atoms with Gasteiger partial charge in [-0.1, -0.05) is 35.9 Å². The highest BCUT2D eigenvalue weighted by Crippen LogP contribution is 2.17. The minimum Gasteiger partial charge on any atom is -0.369 e. The minimum absolute atomic E-state index is 0.0304. The van der Waals surface area contributed by atoms with Crippen molar-refractivity contribution in [2.75, 3.05) is 50.0 Å². The molecule has 0 radical (unpaired) electrons. The van der Waals surface area contributed by atoms with Crippen molar-refractivity contribution in [1.29, 1.82) is 0 Å². The number of hydrogen-bond acceptors (Lipinski definition) is 4. The zero-order valence-electron chi connectivity index (χ0n) is 17.5. The van der Waals surface area contributed by atoms with Crippen LogP contribution in [-0.2, 0) is 9.59 Å². The molecule has 6 nitrogen and oxygen atoms in total. The molecule has 0 spiro atoms. The molecule has 1 atom stereocenters. The molecule has 3 rings (SSSR count). The van der Waals surface area contributed by atoms with E-state index in [9.17, 15) is 9.59 Å². The first-order chi connectivity index (χ1) is 13.9. The highest BCUT2D eigenvalue weighted by atomic mass is 16.2. The van der Waals surface area contributed by atoms with Crippen molar-refractivity contribution in [2.45, 2.75) is 19.9 Å². The lowest BCUT2D eigenvalue weighted by molar-refractivity contribution is -0.137. The van der Waals surface area contributed by atoms with E-state index in [0.29, 0.717) is 0 Å². The fourth-order valence-electron chi connectivity index (χ4n) is 3.61. The van der Waals surface area contributed by atoms with Crippen LogP contribution in [0.15, 0.2) is 54.6 Å². The number of nitrogens with one attached hydrogen (secondary N) is 1. The maximum atomic E-state index is 12.8. The van der Waals surface area contributed by atoms with E-state index < -0.39 is 0 Å². The van der Waals surface area contributed by atoms with Crippen LogP contribution in [0.4, 0.5) is 11.4 Å². The van der Waals surface area contributed by atoms with Crippen molar-refractivity contribution < 1.29 is 9.59 Å². The standard InChI is InChI=1S/C23H30N4O2/c1-18-9-11-20(12-10-18)24-22(28)17-25(3)23(29)19(2)26-13-15-27(16-14-26)21-7-5-4-6-8-21/h4-12,19H,13-17H2,1-3H3,(H,24,28). The number of rotatable bonds is 6. The van der Waals surface area contributed by atoms with E-state index in [2.05, 4.69) is 27.2 Å². The van der Waals surface area contributed by atoms with Crippen LogP contribution in [-0.4, -0.2) is 67.4 Å². The third-order valence-electron chi connectivity index (χ3n) is 5.43. The van der Waals surface area contributed by atoms with E-state index in [0.717, 1.165) is 37.4 Å². The number of anilines is 2. The number of hydrogen-bond donors (Lipinski definition) is 1. The summed E-state index contributed by atoms with van der Waals surface area (Å²) in [7, 11) is 1.69. The van der Waals surface area contributed by atoms with Gasteiger partial charge in [0.15, 0.2) is 0 Å². The molecule has 154 valence electrons. The second-order valence-corrected chi connectivity index (χ2v) is 7.64. The summed E-state index contributed by atoms with van der Waals surface area (Å²) in [4.78, 5) is 31.1. The second-order valence-electron chi connectivity index (χ2n) is 7.64. The van der Waals surface area contributed by atoms with E-state index in [1.807, 2.05) is 56.3 Å². The summed E-state index contributed by atoms with van der Waals surface area (Å²) in [5.41, 5.74) is 3.10. The molecule has 0 bridgehead atoms. The first kappa shape index (κ1) is 20.9. The van der Waals surface area contributed by atoms with E-state index >= 15 is 0 Å². The van der Waals surface area contributed by atoms with Gasteiger partial charge in [-0.15, -0.1) is 0 Å². The number of nitrogens with zero attached hydrogens (tertiary/aromatic N) is 3. The van der Waals surface area contributed by atoms with E-state index in [1.165, 1.54) is 10.6 Å². The van der Waals surface area contributed by atoms with E-state index in [4.69, 9.17) is 0 Å². The number of amides is 2. The average molecular weight is 395 g/mol. The van der Waals surface area contributed by atoms with Crippen molar-refractivity contribution in [3.05, 3.63) is 60.2 Å². The number of piperazine rings is 1.